The van der Waals surface area contributed by atoms with E-state index in [4.69, 9.17) is 4.98 Å². The summed E-state index contributed by atoms with van der Waals surface area (Å²) in [7, 11) is 2.18. The molecule has 1 fully saturated rings. The SMILES string of the molecule is Cc1nc(N(C)CC2CC2C)sc1CNCC(C)C. The number of nitrogens with zero attached hydrogens (tertiary/aromatic N) is 2. The third-order valence-electron chi connectivity index (χ3n) is 3.83. The minimum Gasteiger partial charge on any atom is -0.351 e. The summed E-state index contributed by atoms with van der Waals surface area (Å²) in [5, 5.41) is 4.68. The van der Waals surface area contributed by atoms with Crippen LogP contribution in [0.25, 0.3) is 0 Å². The lowest BCUT2D eigenvalue weighted by atomic mass is 10.2. The fourth-order valence-electron chi connectivity index (χ4n) is 2.30. The van der Waals surface area contributed by atoms with Crippen LogP contribution in [0.15, 0.2) is 0 Å². The van der Waals surface area contributed by atoms with E-state index in [9.17, 15) is 0 Å². The van der Waals surface area contributed by atoms with E-state index < -0.39 is 0 Å². The second kappa shape index (κ2) is 6.23. The Morgan fingerprint density at radius 3 is 2.74 bits per heavy atom. The third kappa shape index (κ3) is 4.18. The van der Waals surface area contributed by atoms with Crippen molar-refractivity contribution in [2.75, 3.05) is 25.0 Å². The maximum atomic E-state index is 4.72. The summed E-state index contributed by atoms with van der Waals surface area (Å²) in [4.78, 5) is 8.43. The van der Waals surface area contributed by atoms with Crippen LogP contribution in [0.5, 0.6) is 0 Å². The Morgan fingerprint density at radius 1 is 1.47 bits per heavy atom. The molecule has 1 N–H and O–H groups in total. The minimum absolute atomic E-state index is 0.701. The Bertz CT molecular complexity index is 414. The van der Waals surface area contributed by atoms with Crippen LogP contribution in [0.2, 0.25) is 0 Å². The van der Waals surface area contributed by atoms with Gasteiger partial charge in [-0.15, -0.1) is 11.3 Å². The van der Waals surface area contributed by atoms with Gasteiger partial charge in [0.1, 0.15) is 0 Å². The summed E-state index contributed by atoms with van der Waals surface area (Å²) < 4.78 is 0. The number of rotatable bonds is 7. The molecule has 0 saturated heterocycles. The summed E-state index contributed by atoms with van der Waals surface area (Å²) in [6.07, 6.45) is 1.39. The lowest BCUT2D eigenvalue weighted by Gasteiger charge is -2.15. The number of nitrogens with one attached hydrogen (secondary N) is 1. The number of aromatic nitrogens is 1. The molecule has 1 aliphatic carbocycles. The molecule has 0 bridgehead atoms. The van der Waals surface area contributed by atoms with E-state index in [2.05, 4.69) is 45.0 Å². The Hall–Kier alpha value is -0.610. The van der Waals surface area contributed by atoms with Gasteiger partial charge in [0, 0.05) is 25.0 Å². The molecule has 0 aliphatic heterocycles. The van der Waals surface area contributed by atoms with Gasteiger partial charge in [0.15, 0.2) is 5.13 Å². The molecule has 108 valence electrons. The molecule has 0 spiro atoms. The number of aryl methyl sites for hydroxylation is 1. The van der Waals surface area contributed by atoms with E-state index in [1.807, 2.05) is 11.3 Å². The van der Waals surface area contributed by atoms with Crippen molar-refractivity contribution in [1.82, 2.24) is 10.3 Å². The van der Waals surface area contributed by atoms with Crippen LogP contribution in [-0.2, 0) is 6.54 Å². The average Bonchev–Trinajstić information content (AvgIpc) is 2.87. The summed E-state index contributed by atoms with van der Waals surface area (Å²) in [6.45, 7) is 12.1. The van der Waals surface area contributed by atoms with Gasteiger partial charge in [-0.05, 0) is 37.6 Å². The van der Waals surface area contributed by atoms with Crippen LogP contribution < -0.4 is 10.2 Å². The summed E-state index contributed by atoms with van der Waals surface area (Å²) in [5.74, 6) is 2.50. The topological polar surface area (TPSA) is 28.2 Å². The quantitative estimate of drug-likeness (QED) is 0.831. The zero-order chi connectivity index (χ0) is 14.0. The molecule has 2 unspecified atom stereocenters. The molecular weight excluding hydrogens is 254 g/mol. The Labute approximate surface area is 121 Å². The van der Waals surface area contributed by atoms with E-state index in [1.165, 1.54) is 22.1 Å². The molecule has 1 heterocycles. The summed E-state index contributed by atoms with van der Waals surface area (Å²) >= 11 is 1.84. The molecule has 1 aromatic rings. The smallest absolute Gasteiger partial charge is 0.185 e. The molecule has 1 saturated carbocycles. The predicted octanol–water partition coefficient (Wildman–Crippen LogP) is 3.29. The van der Waals surface area contributed by atoms with E-state index in [0.717, 1.165) is 31.5 Å². The second-order valence-corrected chi connectivity index (χ2v) is 7.45. The van der Waals surface area contributed by atoms with Crippen molar-refractivity contribution in [2.45, 2.75) is 40.7 Å². The Kier molecular flexibility index (Phi) is 4.85. The van der Waals surface area contributed by atoms with Gasteiger partial charge >= 0.3 is 0 Å². The Morgan fingerprint density at radius 2 is 2.16 bits per heavy atom. The van der Waals surface area contributed by atoms with Gasteiger partial charge in [0.25, 0.3) is 0 Å². The van der Waals surface area contributed by atoms with Gasteiger partial charge in [-0.1, -0.05) is 20.8 Å². The third-order valence-corrected chi connectivity index (χ3v) is 5.10. The lowest BCUT2D eigenvalue weighted by molar-refractivity contribution is 0.554. The Balaban J connectivity index is 1.88. The zero-order valence-electron chi connectivity index (χ0n) is 12.9. The van der Waals surface area contributed by atoms with E-state index in [-0.39, 0.29) is 0 Å². The van der Waals surface area contributed by atoms with Gasteiger partial charge in [-0.25, -0.2) is 4.98 Å². The highest BCUT2D eigenvalue weighted by molar-refractivity contribution is 7.15. The van der Waals surface area contributed by atoms with Crippen LogP contribution in [0.4, 0.5) is 5.13 Å². The van der Waals surface area contributed by atoms with E-state index >= 15 is 0 Å². The van der Waals surface area contributed by atoms with E-state index in [1.54, 1.807) is 0 Å². The number of thiazole rings is 1. The fraction of sp³-hybridized carbons (Fsp3) is 0.800. The molecule has 0 aromatic carbocycles. The molecule has 0 radical (unpaired) electrons. The van der Waals surface area contributed by atoms with Crippen LogP contribution in [0, 0.1) is 24.7 Å². The first kappa shape index (κ1) is 14.8. The lowest BCUT2D eigenvalue weighted by Crippen LogP contribution is -2.20. The molecule has 0 amide bonds. The van der Waals surface area contributed by atoms with Crippen molar-refractivity contribution >= 4 is 16.5 Å². The number of hydrogen-bond acceptors (Lipinski definition) is 4. The van der Waals surface area contributed by atoms with Crippen molar-refractivity contribution in [3.63, 3.8) is 0 Å². The summed E-state index contributed by atoms with van der Waals surface area (Å²) in [6, 6.07) is 0. The van der Waals surface area contributed by atoms with Crippen molar-refractivity contribution in [3.8, 4) is 0 Å². The molecule has 1 aliphatic rings. The zero-order valence-corrected chi connectivity index (χ0v) is 13.7. The van der Waals surface area contributed by atoms with E-state index in [0.29, 0.717) is 5.92 Å². The highest BCUT2D eigenvalue weighted by atomic mass is 32.1. The maximum absolute atomic E-state index is 4.72. The van der Waals surface area contributed by atoms with Gasteiger partial charge in [-0.2, -0.15) is 0 Å². The monoisotopic (exact) mass is 281 g/mol. The first-order chi connectivity index (χ1) is 8.97. The largest absolute Gasteiger partial charge is 0.351 e. The molecular formula is C15H27N3S. The number of anilines is 1. The first-order valence-corrected chi connectivity index (χ1v) is 8.17. The summed E-state index contributed by atoms with van der Waals surface area (Å²) in [5.41, 5.74) is 1.19. The maximum Gasteiger partial charge on any atom is 0.185 e. The highest BCUT2D eigenvalue weighted by Gasteiger charge is 2.33. The van der Waals surface area contributed by atoms with Crippen LogP contribution in [-0.4, -0.2) is 25.1 Å². The standard InChI is InChI=1S/C15H27N3S/c1-10(2)7-16-8-14-12(4)17-15(19-14)18(5)9-13-6-11(13)3/h10-11,13,16H,6-9H2,1-5H3. The van der Waals surface area contributed by atoms with Crippen molar-refractivity contribution in [3.05, 3.63) is 10.6 Å². The molecule has 19 heavy (non-hydrogen) atoms. The first-order valence-electron chi connectivity index (χ1n) is 7.35. The molecule has 1 aromatic heterocycles. The van der Waals surface area contributed by atoms with Crippen LogP contribution in [0.1, 0.15) is 37.8 Å². The normalized spacial score (nSPS) is 22.0. The highest BCUT2D eigenvalue weighted by Crippen LogP contribution is 2.39. The van der Waals surface area contributed by atoms with Crippen molar-refractivity contribution in [2.24, 2.45) is 17.8 Å². The van der Waals surface area contributed by atoms with Gasteiger partial charge in [0.2, 0.25) is 0 Å². The molecule has 2 rings (SSSR count). The molecule has 4 heteroatoms. The average molecular weight is 281 g/mol. The van der Waals surface area contributed by atoms with Crippen LogP contribution >= 0.6 is 11.3 Å². The predicted molar refractivity (Wildman–Crippen MR) is 83.9 cm³/mol. The van der Waals surface area contributed by atoms with Gasteiger partial charge in [0.05, 0.1) is 5.69 Å². The van der Waals surface area contributed by atoms with Gasteiger partial charge in [-0.3, -0.25) is 0 Å². The van der Waals surface area contributed by atoms with Crippen LogP contribution in [0.3, 0.4) is 0 Å². The second-order valence-electron chi connectivity index (χ2n) is 6.38. The fourth-order valence-corrected chi connectivity index (χ4v) is 3.30. The number of hydrogen-bond donors (Lipinski definition) is 1. The molecule has 3 nitrogen and oxygen atoms in total. The minimum atomic E-state index is 0.701. The van der Waals surface area contributed by atoms with Crippen molar-refractivity contribution in [1.29, 1.82) is 0 Å². The molecule has 2 atom stereocenters. The van der Waals surface area contributed by atoms with Gasteiger partial charge < -0.3 is 10.2 Å². The van der Waals surface area contributed by atoms with Crippen molar-refractivity contribution < 1.29 is 0 Å².